The molecule has 0 atom stereocenters. The standard InChI is InChI=1S/C17H18O2S2/c1-17(2,12-7-4-3-5-8-12)11-15(18)19-13-9-6-10-14(20)16(13)21/h3-10,20-21H,11H2,1-2H3. The molecule has 0 aliphatic heterocycles. The first-order valence-corrected chi connectivity index (χ1v) is 7.57. The SMILES string of the molecule is CC(C)(CC(=O)Oc1cccc(S)c1S)c1ccccc1. The molecule has 0 fully saturated rings. The van der Waals surface area contributed by atoms with Crippen LogP contribution in [0.5, 0.6) is 5.75 Å². The lowest BCUT2D eigenvalue weighted by molar-refractivity contribution is -0.135. The monoisotopic (exact) mass is 318 g/mol. The van der Waals surface area contributed by atoms with Gasteiger partial charge in [-0.15, -0.1) is 25.3 Å². The van der Waals surface area contributed by atoms with Crippen LogP contribution >= 0.6 is 25.3 Å². The lowest BCUT2D eigenvalue weighted by Gasteiger charge is -2.24. The van der Waals surface area contributed by atoms with Crippen molar-refractivity contribution >= 4 is 31.2 Å². The van der Waals surface area contributed by atoms with Crippen molar-refractivity contribution in [1.29, 1.82) is 0 Å². The van der Waals surface area contributed by atoms with Gasteiger partial charge in [-0.3, -0.25) is 4.79 Å². The van der Waals surface area contributed by atoms with Crippen LogP contribution in [-0.2, 0) is 10.2 Å². The van der Waals surface area contributed by atoms with E-state index < -0.39 is 0 Å². The topological polar surface area (TPSA) is 26.3 Å². The summed E-state index contributed by atoms with van der Waals surface area (Å²) in [6, 6.07) is 15.2. The van der Waals surface area contributed by atoms with Gasteiger partial charge in [0.1, 0.15) is 5.75 Å². The van der Waals surface area contributed by atoms with E-state index in [9.17, 15) is 4.79 Å². The highest BCUT2D eigenvalue weighted by Gasteiger charge is 2.25. The lowest BCUT2D eigenvalue weighted by atomic mass is 9.82. The van der Waals surface area contributed by atoms with E-state index in [1.54, 1.807) is 18.2 Å². The van der Waals surface area contributed by atoms with Crippen LogP contribution < -0.4 is 4.74 Å². The quantitative estimate of drug-likeness (QED) is 0.492. The van der Waals surface area contributed by atoms with E-state index >= 15 is 0 Å². The van der Waals surface area contributed by atoms with Crippen molar-refractivity contribution in [2.24, 2.45) is 0 Å². The summed E-state index contributed by atoms with van der Waals surface area (Å²) in [6.45, 7) is 4.06. The molecule has 0 aromatic heterocycles. The van der Waals surface area contributed by atoms with Crippen molar-refractivity contribution in [3.05, 3.63) is 54.1 Å². The fourth-order valence-corrected chi connectivity index (χ4v) is 2.50. The van der Waals surface area contributed by atoms with Crippen molar-refractivity contribution in [2.45, 2.75) is 35.5 Å². The van der Waals surface area contributed by atoms with Gasteiger partial charge in [0, 0.05) is 10.3 Å². The summed E-state index contributed by atoms with van der Waals surface area (Å²) in [7, 11) is 0. The minimum Gasteiger partial charge on any atom is -0.425 e. The van der Waals surface area contributed by atoms with Crippen LogP contribution in [0, 0.1) is 0 Å². The highest BCUT2D eigenvalue weighted by atomic mass is 32.1. The van der Waals surface area contributed by atoms with Crippen LogP contribution in [-0.4, -0.2) is 5.97 Å². The zero-order valence-electron chi connectivity index (χ0n) is 12.0. The van der Waals surface area contributed by atoms with E-state index in [4.69, 9.17) is 4.74 Å². The van der Waals surface area contributed by atoms with Gasteiger partial charge in [0.05, 0.1) is 11.3 Å². The summed E-state index contributed by atoms with van der Waals surface area (Å²) in [4.78, 5) is 13.4. The van der Waals surface area contributed by atoms with Crippen molar-refractivity contribution in [2.75, 3.05) is 0 Å². The number of hydrogen-bond donors (Lipinski definition) is 2. The first-order valence-electron chi connectivity index (χ1n) is 6.67. The van der Waals surface area contributed by atoms with E-state index in [1.807, 2.05) is 44.2 Å². The molecule has 21 heavy (non-hydrogen) atoms. The number of hydrogen-bond acceptors (Lipinski definition) is 4. The molecule has 0 spiro atoms. The molecule has 2 aromatic rings. The number of benzene rings is 2. The van der Waals surface area contributed by atoms with Crippen LogP contribution in [0.15, 0.2) is 58.3 Å². The van der Waals surface area contributed by atoms with Gasteiger partial charge >= 0.3 is 5.97 Å². The molecule has 2 nitrogen and oxygen atoms in total. The molecule has 110 valence electrons. The van der Waals surface area contributed by atoms with Crippen LogP contribution in [0.3, 0.4) is 0 Å². The average molecular weight is 318 g/mol. The Bertz CT molecular complexity index is 636. The van der Waals surface area contributed by atoms with Crippen LogP contribution in [0.4, 0.5) is 0 Å². The molecule has 0 N–H and O–H groups in total. The van der Waals surface area contributed by atoms with Gasteiger partial charge in [0.2, 0.25) is 0 Å². The summed E-state index contributed by atoms with van der Waals surface area (Å²) < 4.78 is 5.42. The van der Waals surface area contributed by atoms with E-state index in [-0.39, 0.29) is 11.4 Å². The molecule has 0 aliphatic carbocycles. The van der Waals surface area contributed by atoms with E-state index in [2.05, 4.69) is 25.3 Å². The Hall–Kier alpha value is -1.39. The van der Waals surface area contributed by atoms with Crippen LogP contribution in [0.25, 0.3) is 0 Å². The molecule has 2 rings (SSSR count). The number of carbonyl (C=O) groups excluding carboxylic acids is 1. The van der Waals surface area contributed by atoms with E-state index in [1.165, 1.54) is 0 Å². The molecule has 0 radical (unpaired) electrons. The minimum absolute atomic E-state index is 0.280. The Morgan fingerprint density at radius 1 is 1.05 bits per heavy atom. The zero-order chi connectivity index (χ0) is 15.5. The molecule has 0 aliphatic rings. The Labute approximate surface area is 136 Å². The predicted octanol–water partition coefficient (Wildman–Crippen LogP) is 4.54. The van der Waals surface area contributed by atoms with Gasteiger partial charge < -0.3 is 4.74 Å². The molecular formula is C17H18O2S2. The molecule has 0 saturated heterocycles. The number of rotatable bonds is 4. The summed E-state index contributed by atoms with van der Waals surface area (Å²) in [5.74, 6) is 0.165. The molecule has 4 heteroatoms. The third kappa shape index (κ3) is 4.05. The van der Waals surface area contributed by atoms with Gasteiger partial charge in [-0.2, -0.15) is 0 Å². The maximum absolute atomic E-state index is 12.2. The number of thiol groups is 2. The second kappa shape index (κ2) is 6.58. The van der Waals surface area contributed by atoms with E-state index in [0.29, 0.717) is 22.0 Å². The fourth-order valence-electron chi connectivity index (χ4n) is 2.10. The highest BCUT2D eigenvalue weighted by molar-refractivity contribution is 7.83. The molecular weight excluding hydrogens is 300 g/mol. The summed E-state index contributed by atoms with van der Waals surface area (Å²) in [5.41, 5.74) is 0.823. The first-order chi connectivity index (χ1) is 9.90. The molecule has 0 bridgehead atoms. The molecule has 0 amide bonds. The van der Waals surface area contributed by atoms with Crippen LogP contribution in [0.1, 0.15) is 25.8 Å². The Morgan fingerprint density at radius 3 is 2.38 bits per heavy atom. The third-order valence-corrected chi connectivity index (χ3v) is 4.35. The summed E-state index contributed by atoms with van der Waals surface area (Å²) in [5, 5.41) is 0. The molecule has 0 unspecified atom stereocenters. The average Bonchev–Trinajstić information content (AvgIpc) is 2.44. The normalized spacial score (nSPS) is 11.2. The second-order valence-corrected chi connectivity index (χ2v) is 6.45. The first kappa shape index (κ1) is 16.0. The molecule has 2 aromatic carbocycles. The minimum atomic E-state index is -0.284. The van der Waals surface area contributed by atoms with Gasteiger partial charge in [0.25, 0.3) is 0 Å². The predicted molar refractivity (Wildman–Crippen MR) is 90.7 cm³/mol. The van der Waals surface area contributed by atoms with Crippen molar-refractivity contribution in [1.82, 2.24) is 0 Å². The largest absolute Gasteiger partial charge is 0.425 e. The Balaban J connectivity index is 2.10. The highest BCUT2D eigenvalue weighted by Crippen LogP contribution is 2.31. The van der Waals surface area contributed by atoms with Crippen LogP contribution in [0.2, 0.25) is 0 Å². The van der Waals surface area contributed by atoms with Crippen molar-refractivity contribution in [3.63, 3.8) is 0 Å². The van der Waals surface area contributed by atoms with Gasteiger partial charge in [-0.05, 0) is 17.7 Å². The smallest absolute Gasteiger partial charge is 0.312 e. The lowest BCUT2D eigenvalue weighted by Crippen LogP contribution is -2.24. The van der Waals surface area contributed by atoms with Crippen molar-refractivity contribution in [3.8, 4) is 5.75 Å². The maximum atomic E-state index is 12.2. The number of ether oxygens (including phenoxy) is 1. The Kier molecular flexibility index (Phi) is 5.01. The van der Waals surface area contributed by atoms with E-state index in [0.717, 1.165) is 5.56 Å². The Morgan fingerprint density at radius 2 is 1.71 bits per heavy atom. The number of esters is 1. The zero-order valence-corrected chi connectivity index (χ0v) is 13.8. The maximum Gasteiger partial charge on any atom is 0.312 e. The van der Waals surface area contributed by atoms with Crippen molar-refractivity contribution < 1.29 is 9.53 Å². The van der Waals surface area contributed by atoms with Gasteiger partial charge in [0.15, 0.2) is 0 Å². The third-order valence-electron chi connectivity index (χ3n) is 3.34. The molecule has 0 saturated carbocycles. The fraction of sp³-hybridized carbons (Fsp3) is 0.235. The summed E-state index contributed by atoms with van der Waals surface area (Å²) in [6.07, 6.45) is 0.293. The van der Waals surface area contributed by atoms with Gasteiger partial charge in [-0.25, -0.2) is 0 Å². The van der Waals surface area contributed by atoms with Gasteiger partial charge in [-0.1, -0.05) is 50.2 Å². The number of carbonyl (C=O) groups is 1. The molecule has 0 heterocycles. The summed E-state index contributed by atoms with van der Waals surface area (Å²) >= 11 is 8.58. The second-order valence-electron chi connectivity index (χ2n) is 5.52.